The summed E-state index contributed by atoms with van der Waals surface area (Å²) in [6.45, 7) is 5.41. The molecule has 0 aromatic carbocycles. The molecule has 5 nitrogen and oxygen atoms in total. The Morgan fingerprint density at radius 2 is 2.04 bits per heavy atom. The molecular weight excluding hydrogens is 300 g/mol. The van der Waals surface area contributed by atoms with Gasteiger partial charge in [-0.3, -0.25) is 4.98 Å². The fraction of sp³-hybridized carbons (Fsp3) is 0.684. The molecule has 5 heteroatoms. The number of urea groups is 1. The van der Waals surface area contributed by atoms with Gasteiger partial charge in [0.15, 0.2) is 0 Å². The minimum absolute atomic E-state index is 0.0454. The molecule has 2 N–H and O–H groups in total. The number of aromatic nitrogens is 1. The number of hydrogen-bond donors (Lipinski definition) is 2. The lowest BCUT2D eigenvalue weighted by Crippen LogP contribution is -2.44. The highest BCUT2D eigenvalue weighted by Gasteiger charge is 2.27. The van der Waals surface area contributed by atoms with E-state index in [1.54, 1.807) is 12.4 Å². The van der Waals surface area contributed by atoms with Crippen LogP contribution in [0.15, 0.2) is 24.5 Å². The Labute approximate surface area is 145 Å². The van der Waals surface area contributed by atoms with E-state index in [1.807, 2.05) is 12.1 Å². The number of rotatable bonds is 6. The van der Waals surface area contributed by atoms with Gasteiger partial charge in [0.2, 0.25) is 0 Å². The van der Waals surface area contributed by atoms with Crippen LogP contribution in [0.1, 0.15) is 57.1 Å². The molecule has 1 aliphatic heterocycles. The monoisotopic (exact) mass is 330 g/mol. The fourth-order valence-corrected chi connectivity index (χ4v) is 4.08. The average Bonchev–Trinajstić information content (AvgIpc) is 3.26. The number of amides is 2. The van der Waals surface area contributed by atoms with Crippen LogP contribution in [0, 0.1) is 5.92 Å². The molecule has 0 bridgehead atoms. The summed E-state index contributed by atoms with van der Waals surface area (Å²) in [5.41, 5.74) is 1.11. The van der Waals surface area contributed by atoms with Crippen LogP contribution in [0.25, 0.3) is 0 Å². The quantitative estimate of drug-likeness (QED) is 0.843. The number of nitrogens with one attached hydrogen (secondary N) is 2. The topological polar surface area (TPSA) is 57.3 Å². The Hall–Kier alpha value is -1.62. The number of nitrogens with zero attached hydrogens (tertiary/aromatic N) is 2. The second kappa shape index (κ2) is 8.47. The third-order valence-corrected chi connectivity index (χ3v) is 5.42. The average molecular weight is 330 g/mol. The summed E-state index contributed by atoms with van der Waals surface area (Å²) < 4.78 is 0. The van der Waals surface area contributed by atoms with E-state index in [9.17, 15) is 4.79 Å². The highest BCUT2D eigenvalue weighted by Crippen LogP contribution is 2.26. The van der Waals surface area contributed by atoms with E-state index in [1.165, 1.54) is 32.2 Å². The molecule has 2 atom stereocenters. The fourth-order valence-electron chi connectivity index (χ4n) is 4.08. The molecule has 3 rings (SSSR count). The van der Waals surface area contributed by atoms with E-state index in [4.69, 9.17) is 0 Å². The van der Waals surface area contributed by atoms with E-state index in [0.717, 1.165) is 37.4 Å². The van der Waals surface area contributed by atoms with Gasteiger partial charge in [-0.1, -0.05) is 19.8 Å². The predicted molar refractivity (Wildman–Crippen MR) is 95.7 cm³/mol. The van der Waals surface area contributed by atoms with Crippen LogP contribution >= 0.6 is 0 Å². The number of hydrogen-bond acceptors (Lipinski definition) is 3. The summed E-state index contributed by atoms with van der Waals surface area (Å²) >= 11 is 0. The maximum Gasteiger partial charge on any atom is 0.315 e. The minimum atomic E-state index is -0.0496. The van der Waals surface area contributed by atoms with Gasteiger partial charge < -0.3 is 15.5 Å². The smallest absolute Gasteiger partial charge is 0.315 e. The Kier molecular flexibility index (Phi) is 6.07. The van der Waals surface area contributed by atoms with Crippen molar-refractivity contribution in [3.05, 3.63) is 30.1 Å². The highest BCUT2D eigenvalue weighted by molar-refractivity contribution is 5.74. The zero-order valence-corrected chi connectivity index (χ0v) is 14.7. The molecule has 0 unspecified atom stereocenters. The molecule has 2 amide bonds. The second-order valence-corrected chi connectivity index (χ2v) is 7.25. The van der Waals surface area contributed by atoms with Gasteiger partial charge in [0.05, 0.1) is 6.04 Å². The standard InChI is InChI=1S/C19H30N4O/c1-2-18(16-7-10-20-11-8-16)22-19(24)21-17-9-12-23(14-17)13-15-5-3-4-6-15/h7-8,10-11,15,17-18H,2-6,9,12-14H2,1H3,(H2,21,22,24)/t17-,18-/m0/s1. The number of carbonyl (C=O) groups excluding carboxylic acids is 1. The SMILES string of the molecule is CC[C@H](NC(=O)N[C@H]1CCN(CC2CCCC2)C1)c1ccncc1. The predicted octanol–water partition coefficient (Wildman–Crippen LogP) is 3.10. The molecule has 2 aliphatic rings. The molecular formula is C19H30N4O. The molecule has 24 heavy (non-hydrogen) atoms. The van der Waals surface area contributed by atoms with Crippen LogP contribution in [-0.2, 0) is 0 Å². The summed E-state index contributed by atoms with van der Waals surface area (Å²) in [5, 5.41) is 6.26. The summed E-state index contributed by atoms with van der Waals surface area (Å²) in [5.74, 6) is 0.883. The van der Waals surface area contributed by atoms with Gasteiger partial charge in [-0.25, -0.2) is 4.79 Å². The van der Waals surface area contributed by atoms with Crippen LogP contribution in [0.2, 0.25) is 0 Å². The first-order chi connectivity index (χ1) is 11.7. The van der Waals surface area contributed by atoms with E-state index in [-0.39, 0.29) is 18.1 Å². The molecule has 1 saturated heterocycles. The molecule has 1 saturated carbocycles. The van der Waals surface area contributed by atoms with Crippen molar-refractivity contribution in [3.63, 3.8) is 0 Å². The zero-order valence-electron chi connectivity index (χ0n) is 14.7. The second-order valence-electron chi connectivity index (χ2n) is 7.25. The van der Waals surface area contributed by atoms with E-state index in [0.29, 0.717) is 0 Å². The first-order valence-corrected chi connectivity index (χ1v) is 9.44. The summed E-state index contributed by atoms with van der Waals surface area (Å²) in [6, 6.07) is 4.21. The van der Waals surface area contributed by atoms with Crippen molar-refractivity contribution < 1.29 is 4.79 Å². The van der Waals surface area contributed by atoms with Crippen LogP contribution in [-0.4, -0.2) is 41.6 Å². The summed E-state index contributed by atoms with van der Waals surface area (Å²) in [4.78, 5) is 18.9. The Balaban J connectivity index is 1.43. The molecule has 132 valence electrons. The summed E-state index contributed by atoms with van der Waals surface area (Å²) in [6.07, 6.45) is 11.1. The maximum absolute atomic E-state index is 12.3. The first kappa shape index (κ1) is 17.2. The van der Waals surface area contributed by atoms with Gasteiger partial charge in [0, 0.05) is 38.1 Å². The molecule has 1 aromatic heterocycles. The number of carbonyl (C=O) groups is 1. The Morgan fingerprint density at radius 3 is 2.75 bits per heavy atom. The van der Waals surface area contributed by atoms with Crippen molar-refractivity contribution in [2.45, 2.75) is 57.5 Å². The number of likely N-dealkylation sites (tertiary alicyclic amines) is 1. The van der Waals surface area contributed by atoms with E-state index in [2.05, 4.69) is 27.4 Å². The Bertz CT molecular complexity index is 515. The van der Waals surface area contributed by atoms with Crippen LogP contribution < -0.4 is 10.6 Å². The zero-order chi connectivity index (χ0) is 16.8. The van der Waals surface area contributed by atoms with Crippen LogP contribution in [0.4, 0.5) is 4.79 Å². The lowest BCUT2D eigenvalue weighted by molar-refractivity contribution is 0.230. The lowest BCUT2D eigenvalue weighted by Gasteiger charge is -2.22. The highest BCUT2D eigenvalue weighted by atomic mass is 16.2. The van der Waals surface area contributed by atoms with Gasteiger partial charge in [0.25, 0.3) is 0 Å². The van der Waals surface area contributed by atoms with Crippen LogP contribution in [0.5, 0.6) is 0 Å². The first-order valence-electron chi connectivity index (χ1n) is 9.44. The molecule has 1 aliphatic carbocycles. The molecule has 1 aromatic rings. The van der Waals surface area contributed by atoms with Crippen molar-refractivity contribution in [3.8, 4) is 0 Å². The normalized spacial score (nSPS) is 23.3. The number of pyridine rings is 1. The Morgan fingerprint density at radius 1 is 1.29 bits per heavy atom. The van der Waals surface area contributed by atoms with E-state index >= 15 is 0 Å². The van der Waals surface area contributed by atoms with Crippen molar-refractivity contribution in [1.29, 1.82) is 0 Å². The van der Waals surface area contributed by atoms with Crippen LogP contribution in [0.3, 0.4) is 0 Å². The van der Waals surface area contributed by atoms with Gasteiger partial charge >= 0.3 is 6.03 Å². The largest absolute Gasteiger partial charge is 0.334 e. The molecule has 0 spiro atoms. The molecule has 2 fully saturated rings. The van der Waals surface area contributed by atoms with Crippen molar-refractivity contribution >= 4 is 6.03 Å². The van der Waals surface area contributed by atoms with Crippen molar-refractivity contribution in [1.82, 2.24) is 20.5 Å². The minimum Gasteiger partial charge on any atom is -0.334 e. The van der Waals surface area contributed by atoms with E-state index < -0.39 is 0 Å². The van der Waals surface area contributed by atoms with Gasteiger partial charge in [-0.2, -0.15) is 0 Å². The lowest BCUT2D eigenvalue weighted by atomic mass is 10.1. The maximum atomic E-state index is 12.3. The third kappa shape index (κ3) is 4.69. The van der Waals surface area contributed by atoms with Gasteiger partial charge in [-0.05, 0) is 49.3 Å². The molecule has 0 radical (unpaired) electrons. The third-order valence-electron chi connectivity index (χ3n) is 5.42. The molecule has 2 heterocycles. The van der Waals surface area contributed by atoms with Crippen molar-refractivity contribution in [2.24, 2.45) is 5.92 Å². The van der Waals surface area contributed by atoms with Crippen molar-refractivity contribution in [2.75, 3.05) is 19.6 Å². The summed E-state index contributed by atoms with van der Waals surface area (Å²) in [7, 11) is 0. The van der Waals surface area contributed by atoms with Gasteiger partial charge in [0.1, 0.15) is 0 Å². The van der Waals surface area contributed by atoms with Gasteiger partial charge in [-0.15, -0.1) is 0 Å².